The van der Waals surface area contributed by atoms with Crippen molar-refractivity contribution in [2.45, 2.75) is 32.9 Å². The largest absolute Gasteiger partial charge is 0.487 e. The highest BCUT2D eigenvalue weighted by molar-refractivity contribution is 9.11. The van der Waals surface area contributed by atoms with Gasteiger partial charge in [0.1, 0.15) is 24.3 Å². The van der Waals surface area contributed by atoms with Crippen molar-refractivity contribution in [1.82, 2.24) is 14.5 Å². The molecule has 0 atom stereocenters. The van der Waals surface area contributed by atoms with Gasteiger partial charge in [0, 0.05) is 18.9 Å². The smallest absolute Gasteiger partial charge is 0.236 e. The quantitative estimate of drug-likeness (QED) is 0.331. The highest BCUT2D eigenvalue weighted by atomic mass is 79.9. The molecule has 28 heavy (non-hydrogen) atoms. The van der Waals surface area contributed by atoms with E-state index in [9.17, 15) is 0 Å². The number of aromatic nitrogens is 3. The van der Waals surface area contributed by atoms with Gasteiger partial charge in [0.15, 0.2) is 0 Å². The molecule has 0 aliphatic heterocycles. The van der Waals surface area contributed by atoms with Gasteiger partial charge in [-0.15, -0.1) is 11.3 Å². The number of oxazole rings is 1. The molecule has 0 unspecified atom stereocenters. The topological polar surface area (TPSA) is 53.1 Å². The van der Waals surface area contributed by atoms with E-state index in [1.165, 1.54) is 11.1 Å². The molecule has 3 heterocycles. The van der Waals surface area contributed by atoms with Gasteiger partial charge in [0.2, 0.25) is 5.89 Å². The predicted molar refractivity (Wildman–Crippen MR) is 114 cm³/mol. The van der Waals surface area contributed by atoms with Crippen LogP contribution in [0.2, 0.25) is 0 Å². The summed E-state index contributed by atoms with van der Waals surface area (Å²) in [5.41, 5.74) is 3.26. The molecule has 3 aromatic heterocycles. The second-order valence-electron chi connectivity index (χ2n) is 6.55. The highest BCUT2D eigenvalue weighted by Crippen LogP contribution is 2.34. The van der Waals surface area contributed by atoms with Gasteiger partial charge >= 0.3 is 0 Å². The summed E-state index contributed by atoms with van der Waals surface area (Å²) in [6, 6.07) is 10.3. The van der Waals surface area contributed by atoms with Crippen LogP contribution in [0.3, 0.4) is 0 Å². The Morgan fingerprint density at radius 1 is 1.25 bits per heavy atom. The minimum absolute atomic E-state index is 0.384. The van der Waals surface area contributed by atoms with E-state index < -0.39 is 0 Å². The lowest BCUT2D eigenvalue weighted by atomic mass is 10.1. The van der Waals surface area contributed by atoms with Crippen LogP contribution >= 0.6 is 27.3 Å². The summed E-state index contributed by atoms with van der Waals surface area (Å²) in [6.45, 7) is 3.42. The van der Waals surface area contributed by atoms with E-state index in [0.29, 0.717) is 12.5 Å². The molecule has 0 aliphatic rings. The number of imidazole rings is 1. The monoisotopic (exact) mass is 457 g/mol. The first-order valence-electron chi connectivity index (χ1n) is 9.05. The Morgan fingerprint density at radius 3 is 2.82 bits per heavy atom. The van der Waals surface area contributed by atoms with E-state index in [1.54, 1.807) is 17.6 Å². The molecule has 5 nitrogen and oxygen atoms in total. The van der Waals surface area contributed by atoms with Crippen LogP contribution in [0.1, 0.15) is 23.2 Å². The van der Waals surface area contributed by atoms with Crippen LogP contribution in [0, 0.1) is 6.92 Å². The molecule has 144 valence electrons. The summed E-state index contributed by atoms with van der Waals surface area (Å²) < 4.78 is 14.6. The number of nitrogens with zero attached hydrogens (tertiary/aromatic N) is 3. The average Bonchev–Trinajstić information content (AvgIpc) is 3.44. The van der Waals surface area contributed by atoms with Gasteiger partial charge in [0.25, 0.3) is 0 Å². The molecule has 7 heteroatoms. The van der Waals surface area contributed by atoms with Crippen molar-refractivity contribution < 1.29 is 9.15 Å². The van der Waals surface area contributed by atoms with Crippen molar-refractivity contribution in [3.63, 3.8) is 0 Å². The van der Waals surface area contributed by atoms with Crippen LogP contribution in [0.15, 0.2) is 63.5 Å². The molecule has 0 spiro atoms. The zero-order valence-corrected chi connectivity index (χ0v) is 17.9. The number of benzene rings is 1. The van der Waals surface area contributed by atoms with Crippen molar-refractivity contribution in [3.8, 4) is 16.5 Å². The third kappa shape index (κ3) is 4.72. The Bertz CT molecular complexity index is 1000. The molecular formula is C21H20BrN3O2S. The predicted octanol–water partition coefficient (Wildman–Crippen LogP) is 5.88. The van der Waals surface area contributed by atoms with Crippen LogP contribution in [0.4, 0.5) is 0 Å². The normalized spacial score (nSPS) is 11.1. The van der Waals surface area contributed by atoms with Gasteiger partial charge in [-0.1, -0.05) is 12.1 Å². The summed E-state index contributed by atoms with van der Waals surface area (Å²) in [6.07, 6.45) is 9.42. The lowest BCUT2D eigenvalue weighted by Crippen LogP contribution is -1.98. The SMILES string of the molecule is Cc1cc(-c2nc(COc3ccc(CCCn4ccnc4)cc3)co2)sc1Br. The molecule has 0 bridgehead atoms. The average molecular weight is 458 g/mol. The fourth-order valence-corrected chi connectivity index (χ4v) is 4.31. The van der Waals surface area contributed by atoms with Crippen LogP contribution in [-0.4, -0.2) is 14.5 Å². The lowest BCUT2D eigenvalue weighted by Gasteiger charge is -2.06. The second kappa shape index (κ2) is 8.75. The summed E-state index contributed by atoms with van der Waals surface area (Å²) in [5.74, 6) is 1.46. The summed E-state index contributed by atoms with van der Waals surface area (Å²) in [5, 5.41) is 0. The van der Waals surface area contributed by atoms with Crippen LogP contribution < -0.4 is 4.74 Å². The molecule has 1 aromatic carbocycles. The summed E-state index contributed by atoms with van der Waals surface area (Å²) in [7, 11) is 0. The second-order valence-corrected chi connectivity index (χ2v) is 8.92. The summed E-state index contributed by atoms with van der Waals surface area (Å²) in [4.78, 5) is 9.59. The van der Waals surface area contributed by atoms with Crippen molar-refractivity contribution in [1.29, 1.82) is 0 Å². The van der Waals surface area contributed by atoms with Crippen molar-refractivity contribution in [2.75, 3.05) is 0 Å². The molecule has 0 saturated carbocycles. The highest BCUT2D eigenvalue weighted by Gasteiger charge is 2.11. The van der Waals surface area contributed by atoms with E-state index in [2.05, 4.69) is 55.6 Å². The third-order valence-electron chi connectivity index (χ3n) is 4.37. The Kier molecular flexibility index (Phi) is 5.92. The van der Waals surface area contributed by atoms with Crippen LogP contribution in [0.25, 0.3) is 10.8 Å². The molecule has 4 rings (SSSR count). The van der Waals surface area contributed by atoms with Crippen LogP contribution in [0.5, 0.6) is 5.75 Å². The Balaban J connectivity index is 1.28. The van der Waals surface area contributed by atoms with E-state index in [1.807, 2.05) is 30.9 Å². The molecule has 0 fully saturated rings. The fraction of sp³-hybridized carbons (Fsp3) is 0.238. The molecule has 0 saturated heterocycles. The van der Waals surface area contributed by atoms with E-state index >= 15 is 0 Å². The van der Waals surface area contributed by atoms with Gasteiger partial charge in [0.05, 0.1) is 15.0 Å². The third-order valence-corrected chi connectivity index (χ3v) is 6.50. The minimum atomic E-state index is 0.384. The molecule has 0 amide bonds. The zero-order valence-electron chi connectivity index (χ0n) is 15.5. The fourth-order valence-electron chi connectivity index (χ4n) is 2.85. The maximum atomic E-state index is 5.85. The molecular weight excluding hydrogens is 438 g/mol. The molecule has 0 radical (unpaired) electrons. The number of aryl methyl sites for hydroxylation is 3. The van der Waals surface area contributed by atoms with E-state index in [0.717, 1.165) is 39.5 Å². The Hall–Kier alpha value is -2.38. The Morgan fingerprint density at radius 2 is 2.11 bits per heavy atom. The van der Waals surface area contributed by atoms with Crippen molar-refractivity contribution in [2.24, 2.45) is 0 Å². The van der Waals surface area contributed by atoms with Crippen molar-refractivity contribution in [3.05, 3.63) is 75.9 Å². The number of halogens is 1. The maximum Gasteiger partial charge on any atom is 0.236 e. The first kappa shape index (κ1) is 19.0. The van der Waals surface area contributed by atoms with E-state index in [4.69, 9.17) is 9.15 Å². The standard InChI is InChI=1S/C21H20BrN3O2S/c1-15-11-19(28-20(15)22)21-24-17(13-27-21)12-26-18-6-4-16(5-7-18)3-2-9-25-10-8-23-14-25/h4-8,10-11,13-14H,2-3,9,12H2,1H3. The lowest BCUT2D eigenvalue weighted by molar-refractivity contribution is 0.301. The van der Waals surface area contributed by atoms with Gasteiger partial charge in [-0.2, -0.15) is 0 Å². The number of hydrogen-bond donors (Lipinski definition) is 0. The van der Waals surface area contributed by atoms with Gasteiger partial charge in [-0.25, -0.2) is 9.97 Å². The van der Waals surface area contributed by atoms with Gasteiger partial charge in [-0.3, -0.25) is 0 Å². The number of ether oxygens (including phenoxy) is 1. The van der Waals surface area contributed by atoms with Crippen LogP contribution in [-0.2, 0) is 19.6 Å². The minimum Gasteiger partial charge on any atom is -0.487 e. The first-order valence-corrected chi connectivity index (χ1v) is 10.7. The zero-order chi connectivity index (χ0) is 19.3. The van der Waals surface area contributed by atoms with Gasteiger partial charge < -0.3 is 13.7 Å². The molecule has 4 aromatic rings. The maximum absolute atomic E-state index is 5.85. The summed E-state index contributed by atoms with van der Waals surface area (Å²) >= 11 is 5.15. The number of hydrogen-bond acceptors (Lipinski definition) is 5. The molecule has 0 N–H and O–H groups in total. The van der Waals surface area contributed by atoms with Crippen molar-refractivity contribution >= 4 is 27.3 Å². The van der Waals surface area contributed by atoms with E-state index in [-0.39, 0.29) is 0 Å². The Labute approximate surface area is 176 Å². The number of rotatable bonds is 8. The van der Waals surface area contributed by atoms with Gasteiger partial charge in [-0.05, 0) is 65.0 Å². The first-order chi connectivity index (χ1) is 13.7. The number of thiophene rings is 1. The molecule has 0 aliphatic carbocycles.